The van der Waals surface area contributed by atoms with Crippen LogP contribution in [-0.2, 0) is 15.1 Å². The van der Waals surface area contributed by atoms with Crippen LogP contribution in [0.4, 0.5) is 0 Å². The van der Waals surface area contributed by atoms with Crippen molar-refractivity contribution in [2.24, 2.45) is 0 Å². The molecule has 0 spiro atoms. The molecule has 0 saturated heterocycles. The summed E-state index contributed by atoms with van der Waals surface area (Å²) in [6.07, 6.45) is 0. The average molecular weight is 392 g/mol. The SMILES string of the molecule is COc1cccc2c1C(OC)(c1cc(OC(C)=O)c3c(OC)cccc3c1)C2=O. The molecule has 1 aliphatic carbocycles. The van der Waals surface area contributed by atoms with Crippen molar-refractivity contribution < 1.29 is 28.5 Å². The molecule has 0 fully saturated rings. The number of benzene rings is 3. The number of ether oxygens (including phenoxy) is 4. The van der Waals surface area contributed by atoms with E-state index in [0.717, 1.165) is 5.39 Å². The summed E-state index contributed by atoms with van der Waals surface area (Å²) in [5.41, 5.74) is 0.421. The zero-order valence-electron chi connectivity index (χ0n) is 16.6. The fourth-order valence-corrected chi connectivity index (χ4v) is 4.05. The molecule has 4 rings (SSSR count). The van der Waals surface area contributed by atoms with Gasteiger partial charge in [-0.3, -0.25) is 9.59 Å². The second-order valence-electron chi connectivity index (χ2n) is 6.72. The van der Waals surface area contributed by atoms with Gasteiger partial charge in [0, 0.05) is 30.7 Å². The van der Waals surface area contributed by atoms with Crippen LogP contribution >= 0.6 is 0 Å². The Morgan fingerprint density at radius 1 is 0.897 bits per heavy atom. The molecule has 3 aromatic rings. The summed E-state index contributed by atoms with van der Waals surface area (Å²) in [4.78, 5) is 24.9. The van der Waals surface area contributed by atoms with Crippen molar-refractivity contribution in [2.45, 2.75) is 12.5 Å². The van der Waals surface area contributed by atoms with E-state index in [0.29, 0.717) is 39.3 Å². The van der Waals surface area contributed by atoms with Crippen molar-refractivity contribution in [2.75, 3.05) is 21.3 Å². The number of fused-ring (bicyclic) bond motifs is 2. The minimum absolute atomic E-state index is 0.176. The van der Waals surface area contributed by atoms with Gasteiger partial charge < -0.3 is 18.9 Å². The molecule has 0 aliphatic heterocycles. The predicted octanol–water partition coefficient (Wildman–Crippen LogP) is 3.87. The van der Waals surface area contributed by atoms with E-state index in [1.807, 2.05) is 18.2 Å². The van der Waals surface area contributed by atoms with Crippen molar-refractivity contribution in [1.29, 1.82) is 0 Å². The van der Waals surface area contributed by atoms with Gasteiger partial charge in [0.25, 0.3) is 0 Å². The van der Waals surface area contributed by atoms with Crippen LogP contribution in [0.3, 0.4) is 0 Å². The Morgan fingerprint density at radius 3 is 2.24 bits per heavy atom. The van der Waals surface area contributed by atoms with Crippen LogP contribution in [0, 0.1) is 0 Å². The molecule has 6 heteroatoms. The van der Waals surface area contributed by atoms with Gasteiger partial charge in [-0.25, -0.2) is 0 Å². The van der Waals surface area contributed by atoms with Gasteiger partial charge in [-0.2, -0.15) is 0 Å². The van der Waals surface area contributed by atoms with E-state index in [1.165, 1.54) is 14.0 Å². The Kier molecular flexibility index (Phi) is 4.51. The smallest absolute Gasteiger partial charge is 0.308 e. The maximum atomic E-state index is 13.2. The number of hydrogen-bond donors (Lipinski definition) is 0. The highest BCUT2D eigenvalue weighted by Crippen LogP contribution is 2.52. The Hall–Kier alpha value is -3.38. The van der Waals surface area contributed by atoms with Gasteiger partial charge >= 0.3 is 5.97 Å². The Morgan fingerprint density at radius 2 is 1.59 bits per heavy atom. The molecule has 29 heavy (non-hydrogen) atoms. The van der Waals surface area contributed by atoms with Crippen LogP contribution in [0.5, 0.6) is 17.2 Å². The van der Waals surface area contributed by atoms with E-state index in [1.54, 1.807) is 44.6 Å². The molecule has 0 aromatic heterocycles. The molecule has 3 aromatic carbocycles. The van der Waals surface area contributed by atoms with Gasteiger partial charge in [0.2, 0.25) is 5.78 Å². The van der Waals surface area contributed by atoms with Crippen molar-refractivity contribution >= 4 is 22.5 Å². The summed E-state index contributed by atoms with van der Waals surface area (Å²) < 4.78 is 22.2. The number of carbonyl (C=O) groups is 2. The zero-order chi connectivity index (χ0) is 20.8. The summed E-state index contributed by atoms with van der Waals surface area (Å²) >= 11 is 0. The summed E-state index contributed by atoms with van der Waals surface area (Å²) in [5, 5.41) is 1.40. The van der Waals surface area contributed by atoms with E-state index >= 15 is 0 Å². The Labute approximate surface area is 167 Å². The quantitative estimate of drug-likeness (QED) is 0.485. The van der Waals surface area contributed by atoms with Gasteiger partial charge in [0.1, 0.15) is 17.2 Å². The molecule has 1 aliphatic rings. The number of carbonyl (C=O) groups excluding carboxylic acids is 2. The number of Topliss-reactive ketones (excluding diaryl/α,β-unsaturated/α-hetero) is 1. The van der Waals surface area contributed by atoms with E-state index in [4.69, 9.17) is 18.9 Å². The first-order valence-electron chi connectivity index (χ1n) is 9.05. The van der Waals surface area contributed by atoms with Gasteiger partial charge in [0.15, 0.2) is 5.60 Å². The summed E-state index contributed by atoms with van der Waals surface area (Å²) in [6, 6.07) is 14.3. The molecule has 0 amide bonds. The van der Waals surface area contributed by atoms with Crippen LogP contribution in [0.25, 0.3) is 10.8 Å². The van der Waals surface area contributed by atoms with Gasteiger partial charge in [0.05, 0.1) is 19.6 Å². The van der Waals surface area contributed by atoms with E-state index < -0.39 is 11.6 Å². The topological polar surface area (TPSA) is 71.1 Å². The normalized spacial score (nSPS) is 17.4. The maximum absolute atomic E-state index is 13.2. The van der Waals surface area contributed by atoms with Crippen LogP contribution in [0.1, 0.15) is 28.4 Å². The molecule has 0 saturated carbocycles. The molecule has 148 valence electrons. The standard InChI is InChI=1S/C23H20O6/c1-13(24)29-19-12-15(11-14-7-5-9-17(26-2)20(14)19)23(28-4)21-16(22(23)25)8-6-10-18(21)27-3/h5-12H,1-4H3. The highest BCUT2D eigenvalue weighted by atomic mass is 16.5. The number of rotatable bonds is 5. The van der Waals surface area contributed by atoms with Crippen LogP contribution in [0.2, 0.25) is 0 Å². The first-order chi connectivity index (χ1) is 14.0. The zero-order valence-corrected chi connectivity index (χ0v) is 16.6. The minimum Gasteiger partial charge on any atom is -0.496 e. The molecule has 0 radical (unpaired) electrons. The first-order valence-corrected chi connectivity index (χ1v) is 9.05. The Bertz CT molecular complexity index is 1150. The lowest BCUT2D eigenvalue weighted by molar-refractivity contribution is -0.131. The van der Waals surface area contributed by atoms with Crippen LogP contribution in [0.15, 0.2) is 48.5 Å². The molecule has 6 nitrogen and oxygen atoms in total. The highest BCUT2D eigenvalue weighted by molar-refractivity contribution is 6.16. The third-order valence-electron chi connectivity index (χ3n) is 5.25. The summed E-state index contributed by atoms with van der Waals surface area (Å²) in [7, 11) is 4.58. The minimum atomic E-state index is -1.34. The highest BCUT2D eigenvalue weighted by Gasteiger charge is 2.56. The van der Waals surface area contributed by atoms with Gasteiger partial charge in [-0.15, -0.1) is 0 Å². The van der Waals surface area contributed by atoms with Gasteiger partial charge in [-0.1, -0.05) is 24.3 Å². The lowest BCUT2D eigenvalue weighted by Gasteiger charge is -2.42. The number of ketones is 1. The second-order valence-corrected chi connectivity index (χ2v) is 6.72. The van der Waals surface area contributed by atoms with E-state index in [9.17, 15) is 9.59 Å². The molecule has 0 bridgehead atoms. The first kappa shape index (κ1) is 19.0. The third kappa shape index (κ3) is 2.60. The fourth-order valence-electron chi connectivity index (χ4n) is 4.05. The second kappa shape index (κ2) is 6.90. The van der Waals surface area contributed by atoms with Crippen molar-refractivity contribution in [3.05, 3.63) is 65.2 Å². The van der Waals surface area contributed by atoms with E-state index in [-0.39, 0.29) is 5.78 Å². The fraction of sp³-hybridized carbons (Fsp3) is 0.217. The van der Waals surface area contributed by atoms with Crippen molar-refractivity contribution in [1.82, 2.24) is 0 Å². The third-order valence-corrected chi connectivity index (χ3v) is 5.25. The average Bonchev–Trinajstić information content (AvgIpc) is 2.72. The summed E-state index contributed by atoms with van der Waals surface area (Å²) in [5.74, 6) is 0.775. The Balaban J connectivity index is 2.03. The van der Waals surface area contributed by atoms with Crippen molar-refractivity contribution in [3.63, 3.8) is 0 Å². The lowest BCUT2D eigenvalue weighted by atomic mass is 9.67. The van der Waals surface area contributed by atoms with Crippen LogP contribution < -0.4 is 14.2 Å². The molecular formula is C23H20O6. The largest absolute Gasteiger partial charge is 0.496 e. The van der Waals surface area contributed by atoms with Crippen molar-refractivity contribution in [3.8, 4) is 17.2 Å². The number of esters is 1. The molecule has 0 N–H and O–H groups in total. The maximum Gasteiger partial charge on any atom is 0.308 e. The molecular weight excluding hydrogens is 372 g/mol. The number of hydrogen-bond acceptors (Lipinski definition) is 6. The molecule has 1 atom stereocenters. The van der Waals surface area contributed by atoms with Crippen LogP contribution in [-0.4, -0.2) is 33.1 Å². The lowest BCUT2D eigenvalue weighted by Crippen LogP contribution is -2.49. The monoisotopic (exact) mass is 392 g/mol. The van der Waals surface area contributed by atoms with E-state index in [2.05, 4.69) is 0 Å². The molecule has 0 heterocycles. The van der Waals surface area contributed by atoms with Gasteiger partial charge in [-0.05, 0) is 29.7 Å². The number of methoxy groups -OCH3 is 3. The summed E-state index contributed by atoms with van der Waals surface area (Å²) in [6.45, 7) is 1.33. The predicted molar refractivity (Wildman–Crippen MR) is 107 cm³/mol. The molecule has 1 unspecified atom stereocenters.